The molecule has 3 nitrogen and oxygen atoms in total. The molecular weight excluding hydrogens is 309 g/mol. The standard InChI is InChI=1S/C16H17Cl2NO2/c1-19-9-13-14(18)4-3-5-16(13)21-10-11-8-12(17)6-7-15(11)20-2/h3-8,19H,9-10H2,1-2H3. The predicted molar refractivity (Wildman–Crippen MR) is 86.6 cm³/mol. The number of nitrogens with one attached hydrogen (secondary N) is 1. The molecule has 2 aromatic rings. The first-order valence-corrected chi connectivity index (χ1v) is 7.28. The third-order valence-electron chi connectivity index (χ3n) is 3.06. The van der Waals surface area contributed by atoms with Crippen LogP contribution in [0, 0.1) is 0 Å². The summed E-state index contributed by atoms with van der Waals surface area (Å²) < 4.78 is 11.2. The van der Waals surface area contributed by atoms with Crippen molar-refractivity contribution in [1.82, 2.24) is 5.32 Å². The Morgan fingerprint density at radius 1 is 1.10 bits per heavy atom. The highest BCUT2D eigenvalue weighted by molar-refractivity contribution is 6.31. The van der Waals surface area contributed by atoms with Gasteiger partial charge in [0.05, 0.1) is 7.11 Å². The molecule has 0 atom stereocenters. The fourth-order valence-electron chi connectivity index (χ4n) is 2.04. The molecule has 21 heavy (non-hydrogen) atoms. The summed E-state index contributed by atoms with van der Waals surface area (Å²) in [6.07, 6.45) is 0. The molecule has 0 bridgehead atoms. The molecule has 0 radical (unpaired) electrons. The van der Waals surface area contributed by atoms with E-state index >= 15 is 0 Å². The second-order valence-corrected chi connectivity index (χ2v) is 5.34. The lowest BCUT2D eigenvalue weighted by atomic mass is 10.2. The average molecular weight is 326 g/mol. The van der Waals surface area contributed by atoms with E-state index in [-0.39, 0.29) is 0 Å². The van der Waals surface area contributed by atoms with Gasteiger partial charge in [0.15, 0.2) is 0 Å². The number of hydrogen-bond acceptors (Lipinski definition) is 3. The Morgan fingerprint density at radius 3 is 2.62 bits per heavy atom. The van der Waals surface area contributed by atoms with Crippen LogP contribution in [0.1, 0.15) is 11.1 Å². The maximum Gasteiger partial charge on any atom is 0.125 e. The van der Waals surface area contributed by atoms with Gasteiger partial charge in [-0.3, -0.25) is 0 Å². The first-order chi connectivity index (χ1) is 10.2. The molecule has 0 unspecified atom stereocenters. The smallest absolute Gasteiger partial charge is 0.125 e. The minimum absolute atomic E-state index is 0.362. The van der Waals surface area contributed by atoms with Gasteiger partial charge in [-0.15, -0.1) is 0 Å². The Hall–Kier alpha value is -1.42. The maximum atomic E-state index is 6.21. The topological polar surface area (TPSA) is 30.5 Å². The number of hydrogen-bond donors (Lipinski definition) is 1. The summed E-state index contributed by atoms with van der Waals surface area (Å²) in [5.74, 6) is 1.50. The van der Waals surface area contributed by atoms with Crippen molar-refractivity contribution in [2.45, 2.75) is 13.2 Å². The van der Waals surface area contributed by atoms with Gasteiger partial charge in [0, 0.05) is 27.7 Å². The van der Waals surface area contributed by atoms with Gasteiger partial charge in [-0.2, -0.15) is 0 Å². The third kappa shape index (κ3) is 4.03. The van der Waals surface area contributed by atoms with Crippen LogP contribution in [0.5, 0.6) is 11.5 Å². The molecule has 2 rings (SSSR count). The monoisotopic (exact) mass is 325 g/mol. The Balaban J connectivity index is 2.20. The van der Waals surface area contributed by atoms with Crippen molar-refractivity contribution in [2.75, 3.05) is 14.2 Å². The third-order valence-corrected chi connectivity index (χ3v) is 3.64. The van der Waals surface area contributed by atoms with Gasteiger partial charge in [-0.1, -0.05) is 29.3 Å². The first-order valence-electron chi connectivity index (χ1n) is 6.53. The van der Waals surface area contributed by atoms with Crippen LogP contribution in [0.2, 0.25) is 10.0 Å². The minimum atomic E-state index is 0.362. The lowest BCUT2D eigenvalue weighted by Crippen LogP contribution is -2.08. The Bertz CT molecular complexity index is 617. The van der Waals surface area contributed by atoms with E-state index in [2.05, 4.69) is 5.32 Å². The highest BCUT2D eigenvalue weighted by atomic mass is 35.5. The van der Waals surface area contributed by atoms with E-state index in [1.54, 1.807) is 13.2 Å². The van der Waals surface area contributed by atoms with E-state index in [1.165, 1.54) is 0 Å². The molecular formula is C16H17Cl2NO2. The first kappa shape index (κ1) is 16.0. The van der Waals surface area contributed by atoms with E-state index in [0.29, 0.717) is 23.2 Å². The van der Waals surface area contributed by atoms with E-state index in [0.717, 1.165) is 22.6 Å². The van der Waals surface area contributed by atoms with Crippen molar-refractivity contribution in [2.24, 2.45) is 0 Å². The van der Waals surface area contributed by atoms with Gasteiger partial charge in [0.25, 0.3) is 0 Å². The van der Waals surface area contributed by atoms with Crippen LogP contribution in [0.4, 0.5) is 0 Å². The zero-order chi connectivity index (χ0) is 15.2. The molecule has 0 saturated heterocycles. The van der Waals surface area contributed by atoms with Crippen molar-refractivity contribution in [3.8, 4) is 11.5 Å². The number of methoxy groups -OCH3 is 1. The largest absolute Gasteiger partial charge is 0.496 e. The van der Waals surface area contributed by atoms with Gasteiger partial charge in [0.1, 0.15) is 18.1 Å². The fourth-order valence-corrected chi connectivity index (χ4v) is 2.47. The summed E-state index contributed by atoms with van der Waals surface area (Å²) in [5.41, 5.74) is 1.82. The van der Waals surface area contributed by atoms with Crippen LogP contribution in [-0.4, -0.2) is 14.2 Å². The van der Waals surface area contributed by atoms with Crippen LogP contribution >= 0.6 is 23.2 Å². The van der Waals surface area contributed by atoms with Gasteiger partial charge >= 0.3 is 0 Å². The van der Waals surface area contributed by atoms with Crippen molar-refractivity contribution in [3.05, 3.63) is 57.6 Å². The molecule has 0 aliphatic rings. The summed E-state index contributed by atoms with van der Waals surface area (Å²) in [6.45, 7) is 1.00. The molecule has 2 aromatic carbocycles. The molecule has 0 aliphatic heterocycles. The highest BCUT2D eigenvalue weighted by Gasteiger charge is 2.10. The number of halogens is 2. The van der Waals surface area contributed by atoms with Crippen LogP contribution in [0.15, 0.2) is 36.4 Å². The molecule has 0 amide bonds. The van der Waals surface area contributed by atoms with Crippen molar-refractivity contribution in [3.63, 3.8) is 0 Å². The Kier molecular flexibility index (Phi) is 5.74. The molecule has 0 aromatic heterocycles. The summed E-state index contributed by atoms with van der Waals surface area (Å²) in [4.78, 5) is 0. The number of benzene rings is 2. The van der Waals surface area contributed by atoms with Crippen LogP contribution in [0.3, 0.4) is 0 Å². The van der Waals surface area contributed by atoms with Crippen LogP contribution in [-0.2, 0) is 13.2 Å². The minimum Gasteiger partial charge on any atom is -0.496 e. The van der Waals surface area contributed by atoms with Crippen molar-refractivity contribution in [1.29, 1.82) is 0 Å². The van der Waals surface area contributed by atoms with Crippen molar-refractivity contribution < 1.29 is 9.47 Å². The van der Waals surface area contributed by atoms with Gasteiger partial charge < -0.3 is 14.8 Å². The quantitative estimate of drug-likeness (QED) is 0.858. The molecule has 112 valence electrons. The summed E-state index contributed by atoms with van der Waals surface area (Å²) in [6, 6.07) is 11.1. The number of rotatable bonds is 6. The van der Waals surface area contributed by atoms with Gasteiger partial charge in [0.2, 0.25) is 0 Å². The lowest BCUT2D eigenvalue weighted by molar-refractivity contribution is 0.293. The second-order valence-electron chi connectivity index (χ2n) is 4.49. The van der Waals surface area contributed by atoms with E-state index < -0.39 is 0 Å². The zero-order valence-electron chi connectivity index (χ0n) is 12.0. The molecule has 0 heterocycles. The zero-order valence-corrected chi connectivity index (χ0v) is 13.5. The van der Waals surface area contributed by atoms with Crippen molar-refractivity contribution >= 4 is 23.2 Å². The van der Waals surface area contributed by atoms with Crippen LogP contribution < -0.4 is 14.8 Å². The summed E-state index contributed by atoms with van der Waals surface area (Å²) >= 11 is 12.2. The van der Waals surface area contributed by atoms with Crippen LogP contribution in [0.25, 0.3) is 0 Å². The number of ether oxygens (including phenoxy) is 2. The van der Waals surface area contributed by atoms with E-state index in [9.17, 15) is 0 Å². The fraction of sp³-hybridized carbons (Fsp3) is 0.250. The highest BCUT2D eigenvalue weighted by Crippen LogP contribution is 2.29. The van der Waals surface area contributed by atoms with Gasteiger partial charge in [-0.05, 0) is 37.4 Å². The van der Waals surface area contributed by atoms with E-state index in [4.69, 9.17) is 32.7 Å². The second kappa shape index (κ2) is 7.55. The molecule has 0 aliphatic carbocycles. The molecule has 1 N–H and O–H groups in total. The molecule has 5 heteroatoms. The Labute approximate surface area is 134 Å². The summed E-state index contributed by atoms with van der Waals surface area (Å²) in [5, 5.41) is 4.41. The lowest BCUT2D eigenvalue weighted by Gasteiger charge is -2.14. The predicted octanol–water partition coefficient (Wildman–Crippen LogP) is 4.30. The van der Waals surface area contributed by atoms with Gasteiger partial charge in [-0.25, -0.2) is 0 Å². The SMILES string of the molecule is CNCc1c(Cl)cccc1OCc1cc(Cl)ccc1OC. The normalized spacial score (nSPS) is 10.5. The molecule has 0 spiro atoms. The molecule has 0 saturated carbocycles. The van der Waals surface area contributed by atoms with E-state index in [1.807, 2.05) is 37.4 Å². The maximum absolute atomic E-state index is 6.21. The average Bonchev–Trinajstić information content (AvgIpc) is 2.48. The Morgan fingerprint density at radius 2 is 1.90 bits per heavy atom. The molecule has 0 fully saturated rings. The summed E-state index contributed by atoms with van der Waals surface area (Å²) in [7, 11) is 3.49.